The average molecular weight is 662 g/mol. The zero-order valence-electron chi connectivity index (χ0n) is 23.9. The van der Waals surface area contributed by atoms with E-state index in [4.69, 9.17) is 0 Å². The van der Waals surface area contributed by atoms with Crippen LogP contribution in [0.4, 0.5) is 5.13 Å². The highest BCUT2D eigenvalue weighted by molar-refractivity contribution is 9.11. The lowest BCUT2D eigenvalue weighted by Gasteiger charge is -2.31. The summed E-state index contributed by atoms with van der Waals surface area (Å²) in [5.74, 6) is 0. The van der Waals surface area contributed by atoms with Gasteiger partial charge in [-0.1, -0.05) is 62.5 Å². The first-order chi connectivity index (χ1) is 19.4. The lowest BCUT2D eigenvalue weighted by molar-refractivity contribution is 0.442. The molecule has 2 fully saturated rings. The maximum Gasteiger partial charge on any atom is 0.185 e. The minimum atomic E-state index is -0.0400. The SMILES string of the molecule is Brc1nccs1.CP(C)c1ccccc1-c1ccccc1.C[C@@H]1CN(c2nccs2)CCN1.C[C@@H]1CNCCN1. The van der Waals surface area contributed by atoms with Gasteiger partial charge in [0.05, 0.1) is 0 Å². The molecule has 0 aliphatic carbocycles. The molecule has 2 aromatic carbocycles. The normalized spacial score (nSPS) is 18.4. The summed E-state index contributed by atoms with van der Waals surface area (Å²) in [4.78, 5) is 10.5. The van der Waals surface area contributed by atoms with Gasteiger partial charge in [-0.25, -0.2) is 9.97 Å². The van der Waals surface area contributed by atoms with Crippen molar-refractivity contribution in [3.63, 3.8) is 0 Å². The molecule has 6 rings (SSSR count). The second-order valence-corrected chi connectivity index (χ2v) is 15.1. The predicted molar refractivity (Wildman–Crippen MR) is 182 cm³/mol. The van der Waals surface area contributed by atoms with Crippen LogP contribution in [0.3, 0.4) is 0 Å². The molecule has 0 unspecified atom stereocenters. The Balaban J connectivity index is 0.000000157. The number of hydrogen-bond donors (Lipinski definition) is 3. The number of nitrogens with one attached hydrogen (secondary N) is 3. The third-order valence-corrected chi connectivity index (χ3v) is 9.69. The van der Waals surface area contributed by atoms with E-state index in [0.717, 1.165) is 48.3 Å². The molecule has 2 aliphatic rings. The van der Waals surface area contributed by atoms with Gasteiger partial charge >= 0.3 is 0 Å². The Labute approximate surface area is 257 Å². The van der Waals surface area contributed by atoms with Crippen LogP contribution in [0.25, 0.3) is 11.1 Å². The van der Waals surface area contributed by atoms with E-state index in [2.05, 4.69) is 129 Å². The highest BCUT2D eigenvalue weighted by Crippen LogP contribution is 2.30. The Bertz CT molecular complexity index is 1170. The summed E-state index contributed by atoms with van der Waals surface area (Å²) in [5.41, 5.74) is 2.71. The monoisotopic (exact) mass is 660 g/mol. The fraction of sp³-hybridized carbons (Fsp3) is 0.400. The lowest BCUT2D eigenvalue weighted by Crippen LogP contribution is -2.49. The van der Waals surface area contributed by atoms with Crippen LogP contribution in [0, 0.1) is 0 Å². The Hall–Kier alpha value is -1.71. The Kier molecular flexibility index (Phi) is 15.3. The van der Waals surface area contributed by atoms with Crippen molar-refractivity contribution in [3.8, 4) is 11.1 Å². The van der Waals surface area contributed by atoms with E-state index in [-0.39, 0.29) is 7.92 Å². The lowest BCUT2D eigenvalue weighted by atomic mass is 10.1. The summed E-state index contributed by atoms with van der Waals surface area (Å²) in [6.45, 7) is 15.6. The van der Waals surface area contributed by atoms with Gasteiger partial charge in [0.25, 0.3) is 0 Å². The Morgan fingerprint density at radius 2 is 1.55 bits per heavy atom. The zero-order chi connectivity index (χ0) is 28.6. The second kappa shape index (κ2) is 18.7. The minimum Gasteiger partial charge on any atom is -0.345 e. The van der Waals surface area contributed by atoms with Crippen LogP contribution < -0.4 is 26.2 Å². The van der Waals surface area contributed by atoms with E-state index < -0.39 is 0 Å². The highest BCUT2D eigenvalue weighted by Gasteiger charge is 2.16. The third-order valence-electron chi connectivity index (χ3n) is 6.18. The molecule has 3 N–H and O–H groups in total. The molecule has 10 heteroatoms. The van der Waals surface area contributed by atoms with Crippen LogP contribution >= 0.6 is 46.5 Å². The topological polar surface area (TPSA) is 65.1 Å². The van der Waals surface area contributed by atoms with Crippen molar-refractivity contribution in [2.45, 2.75) is 25.9 Å². The molecule has 2 aromatic heterocycles. The summed E-state index contributed by atoms with van der Waals surface area (Å²) < 4.78 is 0.947. The van der Waals surface area contributed by atoms with Crippen LogP contribution in [-0.2, 0) is 0 Å². The molecule has 2 atom stereocenters. The van der Waals surface area contributed by atoms with Gasteiger partial charge in [0.1, 0.15) is 0 Å². The molecule has 4 aromatic rings. The van der Waals surface area contributed by atoms with Crippen molar-refractivity contribution in [2.24, 2.45) is 0 Å². The van der Waals surface area contributed by atoms with Crippen LogP contribution in [-0.4, -0.2) is 74.6 Å². The third kappa shape index (κ3) is 12.0. The van der Waals surface area contributed by atoms with Crippen LogP contribution in [0.1, 0.15) is 13.8 Å². The van der Waals surface area contributed by atoms with Crippen molar-refractivity contribution in [2.75, 3.05) is 57.5 Å². The summed E-state index contributed by atoms with van der Waals surface area (Å²) in [6, 6.07) is 20.6. The number of rotatable bonds is 3. The van der Waals surface area contributed by atoms with Gasteiger partial charge in [0.2, 0.25) is 0 Å². The number of aromatic nitrogens is 2. The van der Waals surface area contributed by atoms with E-state index in [9.17, 15) is 0 Å². The number of benzene rings is 2. The minimum absolute atomic E-state index is 0.0400. The molecule has 0 saturated carbocycles. The van der Waals surface area contributed by atoms with E-state index >= 15 is 0 Å². The molecule has 2 saturated heterocycles. The molecular formula is C30H42BrN6PS2. The number of thiazole rings is 2. The molecule has 0 spiro atoms. The van der Waals surface area contributed by atoms with Gasteiger partial charge in [0.15, 0.2) is 9.05 Å². The van der Waals surface area contributed by atoms with E-state index in [1.807, 2.05) is 17.0 Å². The van der Waals surface area contributed by atoms with Crippen molar-refractivity contribution in [3.05, 3.63) is 81.7 Å². The molecule has 6 nitrogen and oxygen atoms in total. The first-order valence-corrected chi connectivity index (χ1v) is 18.4. The van der Waals surface area contributed by atoms with Crippen LogP contribution in [0.15, 0.2) is 81.7 Å². The highest BCUT2D eigenvalue weighted by atomic mass is 79.9. The zero-order valence-corrected chi connectivity index (χ0v) is 28.0. The summed E-state index contributed by atoms with van der Waals surface area (Å²) in [5, 5.41) is 16.6. The number of anilines is 1. The van der Waals surface area contributed by atoms with E-state index in [1.54, 1.807) is 28.9 Å². The van der Waals surface area contributed by atoms with Gasteiger partial charge in [-0.15, -0.1) is 22.7 Å². The van der Waals surface area contributed by atoms with Crippen molar-refractivity contribution < 1.29 is 0 Å². The quantitative estimate of drug-likeness (QED) is 0.230. The maximum atomic E-state index is 4.29. The largest absolute Gasteiger partial charge is 0.345 e. The van der Waals surface area contributed by atoms with E-state index in [1.165, 1.54) is 16.4 Å². The molecule has 216 valence electrons. The molecule has 0 bridgehead atoms. The first kappa shape index (κ1) is 32.8. The molecule has 0 radical (unpaired) electrons. The van der Waals surface area contributed by atoms with Gasteiger partial charge in [-0.05, 0) is 59.5 Å². The fourth-order valence-corrected chi connectivity index (χ4v) is 6.75. The van der Waals surface area contributed by atoms with Gasteiger partial charge in [-0.2, -0.15) is 0 Å². The second-order valence-electron chi connectivity index (χ2n) is 9.74. The van der Waals surface area contributed by atoms with Crippen LogP contribution in [0.5, 0.6) is 0 Å². The molecule has 40 heavy (non-hydrogen) atoms. The summed E-state index contributed by atoms with van der Waals surface area (Å²) in [7, 11) is -0.0400. The Morgan fingerprint density at radius 3 is 2.08 bits per heavy atom. The summed E-state index contributed by atoms with van der Waals surface area (Å²) in [6.07, 6.45) is 3.63. The molecule has 4 heterocycles. The molecule has 2 aliphatic heterocycles. The van der Waals surface area contributed by atoms with Gasteiger partial charge in [0, 0.05) is 74.5 Å². The van der Waals surface area contributed by atoms with Gasteiger partial charge < -0.3 is 20.9 Å². The van der Waals surface area contributed by atoms with Crippen LogP contribution in [0.2, 0.25) is 0 Å². The number of halogens is 1. The van der Waals surface area contributed by atoms with Gasteiger partial charge in [-0.3, -0.25) is 0 Å². The number of nitrogens with zero attached hydrogens (tertiary/aromatic N) is 3. The van der Waals surface area contributed by atoms with E-state index in [0.29, 0.717) is 12.1 Å². The van der Waals surface area contributed by atoms with Crippen molar-refractivity contribution in [1.29, 1.82) is 0 Å². The van der Waals surface area contributed by atoms with Crippen molar-refractivity contribution in [1.82, 2.24) is 25.9 Å². The molecule has 0 amide bonds. The maximum absolute atomic E-state index is 4.29. The predicted octanol–water partition coefficient (Wildman–Crippen LogP) is 6.13. The molecular weight excluding hydrogens is 619 g/mol. The summed E-state index contributed by atoms with van der Waals surface area (Å²) >= 11 is 6.49. The number of hydrogen-bond acceptors (Lipinski definition) is 8. The average Bonchev–Trinajstić information content (AvgIpc) is 3.70. The standard InChI is InChI=1S/C14H15P.C8H13N3S.C5H12N2.C3H2BrNS/c1-15(2)14-11-7-6-10-13(14)12-8-4-3-5-9-12;1-7-6-11(4-2-9-7)8-10-3-5-12-8;1-5-4-6-2-3-7-5;4-3-5-1-2-6-3/h3-11H,1-2H3;3,5,7,9H,2,4,6H2,1H3;5-7H,2-4H2,1H3;1-2H/t;7-;5-;/m.11./s1. The fourth-order valence-electron chi connectivity index (χ4n) is 4.21. The number of piperazine rings is 2. The Morgan fingerprint density at radius 1 is 0.850 bits per heavy atom. The van der Waals surface area contributed by atoms with Crippen molar-refractivity contribution >= 4 is 57.0 Å². The smallest absolute Gasteiger partial charge is 0.185 e. The first-order valence-electron chi connectivity index (χ1n) is 13.6.